The first-order chi connectivity index (χ1) is 20.4. The van der Waals surface area contributed by atoms with Crippen LogP contribution >= 0.6 is 0 Å². The van der Waals surface area contributed by atoms with Crippen LogP contribution in [0.25, 0.3) is 28.3 Å². The molecule has 0 spiro atoms. The summed E-state index contributed by atoms with van der Waals surface area (Å²) in [7, 11) is 1.74. The van der Waals surface area contributed by atoms with Crippen LogP contribution in [0.15, 0.2) is 78.0 Å². The van der Waals surface area contributed by atoms with Gasteiger partial charge in [-0.15, -0.1) is 0 Å². The predicted octanol–water partition coefficient (Wildman–Crippen LogP) is 3.07. The number of morpholine rings is 1. The molecule has 12 nitrogen and oxygen atoms in total. The molecule has 4 aromatic heterocycles. The van der Waals surface area contributed by atoms with Gasteiger partial charge in [0.2, 0.25) is 0 Å². The van der Waals surface area contributed by atoms with E-state index in [0.717, 1.165) is 24.5 Å². The normalized spacial score (nSPS) is 13.2. The van der Waals surface area contributed by atoms with Crippen molar-refractivity contribution in [3.8, 4) is 28.3 Å². The molecule has 1 aliphatic heterocycles. The highest BCUT2D eigenvalue weighted by Gasteiger charge is 2.22. The van der Waals surface area contributed by atoms with Crippen molar-refractivity contribution in [3.05, 3.63) is 94.8 Å². The Labute approximate surface area is 241 Å². The van der Waals surface area contributed by atoms with Crippen molar-refractivity contribution >= 4 is 23.2 Å². The minimum absolute atomic E-state index is 0.0574. The van der Waals surface area contributed by atoms with E-state index in [1.165, 1.54) is 10.9 Å². The lowest BCUT2D eigenvalue weighted by atomic mass is 10.1. The third kappa shape index (κ3) is 5.10. The summed E-state index contributed by atoms with van der Waals surface area (Å²) in [5.41, 5.74) is 9.85. The van der Waals surface area contributed by atoms with Crippen LogP contribution in [0.1, 0.15) is 16.1 Å². The molecule has 212 valence electrons. The Morgan fingerprint density at radius 1 is 0.976 bits per heavy atom. The standard InChI is InChI=1S/C30H29N9O3/c1-19-26(30(41)39(37(19)2)22-6-4-3-5-7-22)29(40)35-21-8-9-23(33-17-21)27-28(31)34-18-24(36-27)20-10-11-32-25(16-20)38-12-14-42-15-13-38/h3-11,16-18H,12-15H2,1-2H3,(H2,31,34)(H,35,40). The molecular formula is C30H29N9O3. The summed E-state index contributed by atoms with van der Waals surface area (Å²) in [6.45, 7) is 4.61. The number of nitrogens with one attached hydrogen (secondary N) is 1. The number of hydrogen-bond acceptors (Lipinski definition) is 9. The number of benzene rings is 1. The van der Waals surface area contributed by atoms with Crippen molar-refractivity contribution in [2.75, 3.05) is 42.3 Å². The Balaban J connectivity index is 1.23. The van der Waals surface area contributed by atoms with Crippen molar-refractivity contribution in [2.45, 2.75) is 6.92 Å². The smallest absolute Gasteiger partial charge is 0.284 e. The second-order valence-electron chi connectivity index (χ2n) is 9.81. The van der Waals surface area contributed by atoms with E-state index >= 15 is 0 Å². The van der Waals surface area contributed by atoms with Crippen LogP contribution in [0.5, 0.6) is 0 Å². The Hall–Kier alpha value is -5.36. The van der Waals surface area contributed by atoms with E-state index in [9.17, 15) is 9.59 Å². The summed E-state index contributed by atoms with van der Waals surface area (Å²) >= 11 is 0. The van der Waals surface area contributed by atoms with Crippen LogP contribution in [0.3, 0.4) is 0 Å². The molecule has 0 saturated carbocycles. The maximum atomic E-state index is 13.2. The maximum absolute atomic E-state index is 13.2. The molecule has 5 aromatic rings. The fourth-order valence-corrected chi connectivity index (χ4v) is 4.90. The first kappa shape index (κ1) is 26.8. The number of aromatic nitrogens is 6. The number of carbonyl (C=O) groups excluding carboxylic acids is 1. The third-order valence-electron chi connectivity index (χ3n) is 7.22. The molecule has 1 aliphatic rings. The van der Waals surface area contributed by atoms with Crippen LogP contribution in [-0.4, -0.2) is 61.5 Å². The Morgan fingerprint density at radius 2 is 1.76 bits per heavy atom. The van der Waals surface area contributed by atoms with Gasteiger partial charge in [-0.1, -0.05) is 18.2 Å². The minimum atomic E-state index is -0.521. The minimum Gasteiger partial charge on any atom is -0.382 e. The van der Waals surface area contributed by atoms with Gasteiger partial charge in [0.05, 0.1) is 54.1 Å². The number of nitrogens with zero attached hydrogens (tertiary/aromatic N) is 7. The van der Waals surface area contributed by atoms with E-state index in [0.29, 0.717) is 47.4 Å². The van der Waals surface area contributed by atoms with Crippen molar-refractivity contribution in [1.29, 1.82) is 0 Å². The molecule has 1 aromatic carbocycles. The fourth-order valence-electron chi connectivity index (χ4n) is 4.90. The molecule has 0 atom stereocenters. The Morgan fingerprint density at radius 3 is 2.50 bits per heavy atom. The third-order valence-corrected chi connectivity index (χ3v) is 7.22. The van der Waals surface area contributed by atoms with Crippen LogP contribution in [0.4, 0.5) is 17.3 Å². The molecule has 0 aliphatic carbocycles. The number of anilines is 3. The molecule has 42 heavy (non-hydrogen) atoms. The number of carbonyl (C=O) groups is 1. The zero-order chi connectivity index (χ0) is 29.2. The van der Waals surface area contributed by atoms with E-state index in [1.54, 1.807) is 43.2 Å². The summed E-state index contributed by atoms with van der Waals surface area (Å²) in [6.07, 6.45) is 4.87. The van der Waals surface area contributed by atoms with Crippen molar-refractivity contribution in [3.63, 3.8) is 0 Å². The predicted molar refractivity (Wildman–Crippen MR) is 160 cm³/mol. The number of pyridine rings is 2. The van der Waals surface area contributed by atoms with Gasteiger partial charge in [-0.2, -0.15) is 0 Å². The van der Waals surface area contributed by atoms with Gasteiger partial charge in [0, 0.05) is 31.9 Å². The van der Waals surface area contributed by atoms with Crippen molar-refractivity contribution < 1.29 is 9.53 Å². The number of nitrogens with two attached hydrogens (primary N) is 1. The van der Waals surface area contributed by atoms with Crippen LogP contribution in [0, 0.1) is 6.92 Å². The number of amides is 1. The number of ether oxygens (including phenoxy) is 1. The first-order valence-corrected chi connectivity index (χ1v) is 13.4. The lowest BCUT2D eigenvalue weighted by Crippen LogP contribution is -2.36. The zero-order valence-electron chi connectivity index (χ0n) is 23.2. The molecule has 0 unspecified atom stereocenters. The number of hydrogen-bond donors (Lipinski definition) is 2. The SMILES string of the molecule is Cc1c(C(=O)Nc2ccc(-c3nc(-c4ccnc(N5CCOCC5)c4)cnc3N)nc2)c(=O)n(-c2ccccc2)n1C. The molecular weight excluding hydrogens is 534 g/mol. The van der Waals surface area contributed by atoms with Crippen LogP contribution in [-0.2, 0) is 11.8 Å². The van der Waals surface area contributed by atoms with E-state index in [-0.39, 0.29) is 11.4 Å². The molecule has 0 radical (unpaired) electrons. The van der Waals surface area contributed by atoms with Gasteiger partial charge in [-0.3, -0.25) is 19.3 Å². The summed E-state index contributed by atoms with van der Waals surface area (Å²) in [6, 6.07) is 16.4. The van der Waals surface area contributed by atoms with Gasteiger partial charge in [0.15, 0.2) is 5.82 Å². The highest BCUT2D eigenvalue weighted by atomic mass is 16.5. The summed E-state index contributed by atoms with van der Waals surface area (Å²) in [5, 5.41) is 2.78. The number of para-hydroxylation sites is 1. The largest absolute Gasteiger partial charge is 0.382 e. The van der Waals surface area contributed by atoms with Gasteiger partial charge < -0.3 is 20.7 Å². The lowest BCUT2D eigenvalue weighted by molar-refractivity contribution is 0.102. The second kappa shape index (κ2) is 11.3. The van der Waals surface area contributed by atoms with Crippen LogP contribution < -0.4 is 21.5 Å². The van der Waals surface area contributed by atoms with Crippen molar-refractivity contribution in [2.24, 2.45) is 7.05 Å². The lowest BCUT2D eigenvalue weighted by Gasteiger charge is -2.27. The molecule has 5 heterocycles. The van der Waals surface area contributed by atoms with Gasteiger partial charge in [0.25, 0.3) is 11.5 Å². The van der Waals surface area contributed by atoms with Crippen LogP contribution in [0.2, 0.25) is 0 Å². The Bertz CT molecular complexity index is 1810. The van der Waals surface area contributed by atoms with Gasteiger partial charge in [0.1, 0.15) is 17.1 Å². The van der Waals surface area contributed by atoms with Gasteiger partial charge in [-0.05, 0) is 43.3 Å². The topological polar surface area (TPSA) is 146 Å². The quantitative estimate of drug-likeness (QED) is 0.318. The number of nitrogen functional groups attached to an aromatic ring is 1. The Kier molecular flexibility index (Phi) is 7.19. The summed E-state index contributed by atoms with van der Waals surface area (Å²) < 4.78 is 8.57. The summed E-state index contributed by atoms with van der Waals surface area (Å²) in [5.74, 6) is 0.553. The fraction of sp³-hybridized carbons (Fsp3) is 0.200. The van der Waals surface area contributed by atoms with E-state index < -0.39 is 11.5 Å². The molecule has 1 amide bonds. The van der Waals surface area contributed by atoms with E-state index in [2.05, 4.69) is 25.2 Å². The zero-order valence-corrected chi connectivity index (χ0v) is 23.2. The highest BCUT2D eigenvalue weighted by molar-refractivity contribution is 6.04. The van der Waals surface area contributed by atoms with Gasteiger partial charge >= 0.3 is 0 Å². The molecule has 1 saturated heterocycles. The van der Waals surface area contributed by atoms with Crippen molar-refractivity contribution in [1.82, 2.24) is 29.3 Å². The first-order valence-electron chi connectivity index (χ1n) is 13.4. The summed E-state index contributed by atoms with van der Waals surface area (Å²) in [4.78, 5) is 46.6. The number of rotatable bonds is 6. The maximum Gasteiger partial charge on any atom is 0.284 e. The second-order valence-corrected chi connectivity index (χ2v) is 9.81. The van der Waals surface area contributed by atoms with E-state index in [4.69, 9.17) is 15.5 Å². The molecule has 1 fully saturated rings. The average molecular weight is 564 g/mol. The average Bonchev–Trinajstić information content (AvgIpc) is 3.25. The molecule has 3 N–H and O–H groups in total. The van der Waals surface area contributed by atoms with Gasteiger partial charge in [-0.25, -0.2) is 19.6 Å². The molecule has 0 bridgehead atoms. The van der Waals surface area contributed by atoms with E-state index in [1.807, 2.05) is 42.5 Å². The molecule has 6 rings (SSSR count). The highest BCUT2D eigenvalue weighted by Crippen LogP contribution is 2.27. The monoisotopic (exact) mass is 563 g/mol. The molecule has 12 heteroatoms.